The standard InChI is InChI=1S/C22H35N5O12/c1-11(30)24-13(9-28)17(16(33)14(31)10-29)39-18(21(36)27-7-3-4-8-27)20(35)25-12(19(23)34)5-6-15(32)26(2)22(37)38/h9,12-14,16-18,29,31,33H,3-8,10H2,1-2H3,(H2,23,34)(H,24,30)(H,25,35)(H,37,38)/t12?,13-,14+,16+,17+,18?/m0/s1. The van der Waals surface area contributed by atoms with E-state index in [4.69, 9.17) is 15.6 Å². The molecule has 39 heavy (non-hydrogen) atoms. The molecule has 0 aromatic carbocycles. The quantitative estimate of drug-likeness (QED) is 0.0739. The van der Waals surface area contributed by atoms with Gasteiger partial charge in [-0.05, 0) is 19.3 Å². The molecule has 1 heterocycles. The van der Waals surface area contributed by atoms with Crippen molar-refractivity contribution in [3.8, 4) is 0 Å². The van der Waals surface area contributed by atoms with E-state index >= 15 is 0 Å². The van der Waals surface area contributed by atoms with Gasteiger partial charge in [0, 0.05) is 33.5 Å². The van der Waals surface area contributed by atoms with Gasteiger partial charge in [0.1, 0.15) is 36.7 Å². The van der Waals surface area contributed by atoms with Gasteiger partial charge < -0.3 is 51.2 Å². The summed E-state index contributed by atoms with van der Waals surface area (Å²) in [6, 6.07) is -3.25. The van der Waals surface area contributed by atoms with E-state index in [1.807, 2.05) is 0 Å². The second kappa shape index (κ2) is 15.7. The van der Waals surface area contributed by atoms with Crippen molar-refractivity contribution < 1.29 is 58.7 Å². The Morgan fingerprint density at radius 3 is 2.15 bits per heavy atom. The molecule has 1 rings (SSSR count). The fourth-order valence-corrected chi connectivity index (χ4v) is 3.70. The van der Waals surface area contributed by atoms with Crippen LogP contribution in [-0.2, 0) is 33.5 Å². The average molecular weight is 562 g/mol. The predicted octanol–water partition coefficient (Wildman–Crippen LogP) is -4.33. The zero-order valence-corrected chi connectivity index (χ0v) is 21.5. The second-order valence-electron chi connectivity index (χ2n) is 8.85. The molecule has 220 valence electrons. The number of carboxylic acid groups (broad SMARTS) is 1. The van der Waals surface area contributed by atoms with Crippen molar-refractivity contribution >= 4 is 41.9 Å². The number of nitrogens with two attached hydrogens (primary N) is 1. The summed E-state index contributed by atoms with van der Waals surface area (Å²) in [6.45, 7) is 0.488. The van der Waals surface area contributed by atoms with E-state index in [0.29, 0.717) is 17.7 Å². The minimum absolute atomic E-state index is 0.130. The summed E-state index contributed by atoms with van der Waals surface area (Å²) in [5.41, 5.74) is 5.31. The maximum absolute atomic E-state index is 13.2. The topological polar surface area (TPSA) is 266 Å². The Morgan fingerprint density at radius 1 is 1.10 bits per heavy atom. The summed E-state index contributed by atoms with van der Waals surface area (Å²) >= 11 is 0. The third kappa shape index (κ3) is 9.86. The smallest absolute Gasteiger partial charge is 0.413 e. The normalized spacial score (nSPS) is 17.6. The summed E-state index contributed by atoms with van der Waals surface area (Å²) < 4.78 is 5.53. The third-order valence-corrected chi connectivity index (χ3v) is 5.93. The number of primary amides is 1. The van der Waals surface area contributed by atoms with Crippen molar-refractivity contribution in [1.82, 2.24) is 20.4 Å². The molecule has 17 heteroatoms. The molecule has 0 radical (unpaired) electrons. The van der Waals surface area contributed by atoms with Crippen LogP contribution >= 0.6 is 0 Å². The van der Waals surface area contributed by atoms with Crippen LogP contribution in [0.5, 0.6) is 0 Å². The fourth-order valence-electron chi connectivity index (χ4n) is 3.70. The summed E-state index contributed by atoms with van der Waals surface area (Å²) in [7, 11) is 0.978. The lowest BCUT2D eigenvalue weighted by Gasteiger charge is -2.34. The number of imide groups is 1. The number of hydrogen-bond donors (Lipinski definition) is 7. The van der Waals surface area contributed by atoms with Gasteiger partial charge in [-0.2, -0.15) is 0 Å². The molecule has 6 atom stereocenters. The fraction of sp³-hybridized carbons (Fsp3) is 0.682. The maximum Gasteiger partial charge on any atom is 0.413 e. The van der Waals surface area contributed by atoms with Crippen LogP contribution in [0.1, 0.15) is 32.6 Å². The highest BCUT2D eigenvalue weighted by molar-refractivity contribution is 6.04. The summed E-state index contributed by atoms with van der Waals surface area (Å²) in [5.74, 6) is -4.99. The summed E-state index contributed by atoms with van der Waals surface area (Å²) in [4.78, 5) is 86.2. The lowest BCUT2D eigenvalue weighted by molar-refractivity contribution is -0.172. The number of carbonyl (C=O) groups is 7. The Kier molecular flexibility index (Phi) is 13.4. The van der Waals surface area contributed by atoms with Crippen molar-refractivity contribution in [3.05, 3.63) is 0 Å². The van der Waals surface area contributed by atoms with Crippen LogP contribution in [0.4, 0.5) is 4.79 Å². The predicted molar refractivity (Wildman–Crippen MR) is 128 cm³/mol. The highest BCUT2D eigenvalue weighted by atomic mass is 16.5. The number of carbonyl (C=O) groups excluding carboxylic acids is 6. The number of amides is 6. The number of rotatable bonds is 15. The van der Waals surface area contributed by atoms with E-state index in [1.165, 1.54) is 4.90 Å². The molecule has 8 N–H and O–H groups in total. The molecule has 0 aromatic rings. The van der Waals surface area contributed by atoms with Crippen LogP contribution in [0.25, 0.3) is 0 Å². The number of aliphatic hydroxyl groups excluding tert-OH is 3. The van der Waals surface area contributed by atoms with Crippen LogP contribution in [0.2, 0.25) is 0 Å². The first-order valence-corrected chi connectivity index (χ1v) is 12.0. The summed E-state index contributed by atoms with van der Waals surface area (Å²) in [5, 5.41) is 42.9. The largest absolute Gasteiger partial charge is 0.465 e. The lowest BCUT2D eigenvalue weighted by atomic mass is 10.0. The molecular formula is C22H35N5O12. The van der Waals surface area contributed by atoms with Gasteiger partial charge in [0.05, 0.1) is 6.61 Å². The number of nitrogens with one attached hydrogen (secondary N) is 2. The van der Waals surface area contributed by atoms with E-state index in [9.17, 15) is 48.9 Å². The van der Waals surface area contributed by atoms with Gasteiger partial charge in [-0.15, -0.1) is 0 Å². The minimum Gasteiger partial charge on any atom is -0.465 e. The van der Waals surface area contributed by atoms with Crippen molar-refractivity contribution in [1.29, 1.82) is 0 Å². The first kappa shape index (κ1) is 33.4. The van der Waals surface area contributed by atoms with E-state index in [2.05, 4.69) is 10.6 Å². The van der Waals surface area contributed by atoms with Gasteiger partial charge in [0.25, 0.3) is 11.8 Å². The van der Waals surface area contributed by atoms with Gasteiger partial charge >= 0.3 is 6.09 Å². The van der Waals surface area contributed by atoms with Crippen molar-refractivity contribution in [2.75, 3.05) is 26.7 Å². The number of hydrogen-bond acceptors (Lipinski definition) is 11. The summed E-state index contributed by atoms with van der Waals surface area (Å²) in [6.07, 6.45) is -9.24. The van der Waals surface area contributed by atoms with Gasteiger partial charge in [-0.25, -0.2) is 4.79 Å². The van der Waals surface area contributed by atoms with Crippen molar-refractivity contribution in [3.63, 3.8) is 0 Å². The molecule has 1 fully saturated rings. The van der Waals surface area contributed by atoms with Gasteiger partial charge in [0.15, 0.2) is 0 Å². The molecular weight excluding hydrogens is 526 g/mol. The number of aldehydes is 1. The molecule has 6 amide bonds. The van der Waals surface area contributed by atoms with E-state index in [-0.39, 0.29) is 19.4 Å². The Labute approximate surface area is 223 Å². The molecule has 0 aliphatic carbocycles. The first-order chi connectivity index (χ1) is 18.2. The molecule has 0 saturated carbocycles. The SMILES string of the molecule is CC(=O)N[C@@H](C=O)[C@@H](OC(C(=O)NC(CCC(=O)N(C)C(=O)O)C(N)=O)C(=O)N1CCCC1)[C@H](O)[C@H](O)CO. The average Bonchev–Trinajstić information content (AvgIpc) is 3.43. The maximum atomic E-state index is 13.2. The lowest BCUT2D eigenvalue weighted by Crippen LogP contribution is -2.60. The highest BCUT2D eigenvalue weighted by Gasteiger charge is 2.42. The van der Waals surface area contributed by atoms with Crippen molar-refractivity contribution in [2.45, 2.75) is 69.1 Å². The Balaban J connectivity index is 3.30. The molecule has 0 aromatic heterocycles. The monoisotopic (exact) mass is 561 g/mol. The van der Waals surface area contributed by atoms with Gasteiger partial charge in [-0.1, -0.05) is 0 Å². The van der Waals surface area contributed by atoms with Gasteiger partial charge in [0.2, 0.25) is 23.8 Å². The van der Waals surface area contributed by atoms with Crippen LogP contribution in [0.15, 0.2) is 0 Å². The molecule has 0 spiro atoms. The van der Waals surface area contributed by atoms with Crippen LogP contribution < -0.4 is 16.4 Å². The first-order valence-electron chi connectivity index (χ1n) is 12.0. The molecule has 1 aliphatic heterocycles. The molecule has 2 unspecified atom stereocenters. The number of nitrogens with zero attached hydrogens (tertiary/aromatic N) is 2. The van der Waals surface area contributed by atoms with Crippen LogP contribution in [-0.4, -0.2) is 135 Å². The van der Waals surface area contributed by atoms with E-state index < -0.39 is 91.6 Å². The highest BCUT2D eigenvalue weighted by Crippen LogP contribution is 2.17. The number of likely N-dealkylation sites (tertiary alicyclic amines) is 1. The molecule has 17 nitrogen and oxygen atoms in total. The van der Waals surface area contributed by atoms with E-state index in [1.54, 1.807) is 0 Å². The minimum atomic E-state index is -2.14. The zero-order chi connectivity index (χ0) is 29.9. The van der Waals surface area contributed by atoms with E-state index in [0.717, 1.165) is 14.0 Å². The second-order valence-corrected chi connectivity index (χ2v) is 8.85. The Hall–Kier alpha value is -3.67. The molecule has 1 aliphatic rings. The van der Waals surface area contributed by atoms with Crippen molar-refractivity contribution in [2.24, 2.45) is 5.73 Å². The van der Waals surface area contributed by atoms with Crippen LogP contribution in [0.3, 0.4) is 0 Å². The Morgan fingerprint density at radius 2 is 1.69 bits per heavy atom. The zero-order valence-electron chi connectivity index (χ0n) is 21.5. The van der Waals surface area contributed by atoms with Gasteiger partial charge in [-0.3, -0.25) is 28.9 Å². The van der Waals surface area contributed by atoms with Crippen LogP contribution in [0, 0.1) is 0 Å². The number of ether oxygens (including phenoxy) is 1. The number of aliphatic hydroxyl groups is 3. The molecule has 1 saturated heterocycles. The third-order valence-electron chi connectivity index (χ3n) is 5.93. The Bertz CT molecular complexity index is 925. The molecule has 0 bridgehead atoms.